The third kappa shape index (κ3) is 10.3. The molecule has 0 aliphatic carbocycles. The minimum Gasteiger partial charge on any atom is -0.369 e. The van der Waals surface area contributed by atoms with Crippen molar-refractivity contribution in [2.75, 3.05) is 0 Å². The second kappa shape index (κ2) is 6.36. The minimum atomic E-state index is 0. The standard InChI is InChI=1S/C4H9NS2.Na/c1-3(2)5-4(6)7;/h3H,1-2H3,(H2,5,6,7);. The summed E-state index contributed by atoms with van der Waals surface area (Å²) in [6.45, 7) is 4.03. The Morgan fingerprint density at radius 1 is 1.62 bits per heavy atom. The Balaban J connectivity index is 0. The zero-order valence-corrected chi connectivity index (χ0v) is 9.14. The molecule has 8 heavy (non-hydrogen) atoms. The normalized spacial score (nSPS) is 8.00. The van der Waals surface area contributed by atoms with Crippen molar-refractivity contribution >= 4 is 58.7 Å². The summed E-state index contributed by atoms with van der Waals surface area (Å²) in [4.78, 5) is 0. The molecule has 4 heteroatoms. The van der Waals surface area contributed by atoms with Crippen LogP contribution in [0.4, 0.5) is 0 Å². The van der Waals surface area contributed by atoms with Gasteiger partial charge < -0.3 is 5.32 Å². The van der Waals surface area contributed by atoms with Gasteiger partial charge in [-0.3, -0.25) is 0 Å². The molecule has 0 bridgehead atoms. The van der Waals surface area contributed by atoms with Gasteiger partial charge in [0.15, 0.2) is 0 Å². The maximum Gasteiger partial charge on any atom is 0.130 e. The van der Waals surface area contributed by atoms with Crippen LogP contribution in [-0.4, -0.2) is 39.9 Å². The van der Waals surface area contributed by atoms with Crippen LogP contribution in [0.5, 0.6) is 0 Å². The summed E-state index contributed by atoms with van der Waals surface area (Å²) in [5.74, 6) is 0. The van der Waals surface area contributed by atoms with E-state index in [1.54, 1.807) is 0 Å². The van der Waals surface area contributed by atoms with Gasteiger partial charge in [-0.15, -0.1) is 12.6 Å². The fraction of sp³-hybridized carbons (Fsp3) is 0.750. The van der Waals surface area contributed by atoms with Crippen LogP contribution in [-0.2, 0) is 0 Å². The van der Waals surface area contributed by atoms with E-state index in [2.05, 4.69) is 30.2 Å². The zero-order chi connectivity index (χ0) is 5.86. The molecule has 43 valence electrons. The molecule has 0 amide bonds. The first-order chi connectivity index (χ1) is 3.13. The molecule has 1 nitrogen and oxygen atoms in total. The van der Waals surface area contributed by atoms with Crippen molar-refractivity contribution in [3.8, 4) is 0 Å². The van der Waals surface area contributed by atoms with Gasteiger partial charge in [-0.1, -0.05) is 12.2 Å². The molecule has 0 fully saturated rings. The molecule has 1 radical (unpaired) electrons. The molecule has 0 saturated heterocycles. The van der Waals surface area contributed by atoms with Crippen molar-refractivity contribution < 1.29 is 0 Å². The number of nitrogens with one attached hydrogen (secondary N) is 1. The Hall–Kier alpha value is 1.24. The van der Waals surface area contributed by atoms with Crippen LogP contribution < -0.4 is 5.32 Å². The molecule has 0 unspecified atom stereocenters. The van der Waals surface area contributed by atoms with Crippen LogP contribution in [0, 0.1) is 0 Å². The second-order valence-electron chi connectivity index (χ2n) is 1.60. The maximum atomic E-state index is 4.62. The van der Waals surface area contributed by atoms with Crippen LogP contribution in [0.2, 0.25) is 0 Å². The van der Waals surface area contributed by atoms with Crippen LogP contribution in [0.1, 0.15) is 13.8 Å². The predicted molar refractivity (Wildman–Crippen MR) is 45.6 cm³/mol. The Kier molecular flexibility index (Phi) is 9.52. The molecule has 0 aromatic carbocycles. The van der Waals surface area contributed by atoms with Gasteiger partial charge in [0.1, 0.15) is 4.32 Å². The van der Waals surface area contributed by atoms with Crippen molar-refractivity contribution in [2.45, 2.75) is 19.9 Å². The Morgan fingerprint density at radius 2 is 2.00 bits per heavy atom. The van der Waals surface area contributed by atoms with Crippen LogP contribution >= 0.6 is 24.8 Å². The van der Waals surface area contributed by atoms with Gasteiger partial charge in [-0.25, -0.2) is 0 Å². The van der Waals surface area contributed by atoms with E-state index in [1.807, 2.05) is 13.8 Å². The average Bonchev–Trinajstić information content (AvgIpc) is 1.27. The smallest absolute Gasteiger partial charge is 0.130 e. The Bertz CT molecular complexity index is 74.4. The van der Waals surface area contributed by atoms with Gasteiger partial charge in [-0.2, -0.15) is 0 Å². The zero-order valence-electron chi connectivity index (χ0n) is 5.43. The van der Waals surface area contributed by atoms with Gasteiger partial charge in [0, 0.05) is 35.6 Å². The molecule has 0 aliphatic rings. The minimum absolute atomic E-state index is 0. The number of hydrogen-bond acceptors (Lipinski definition) is 1. The topological polar surface area (TPSA) is 12.0 Å². The Morgan fingerprint density at radius 3 is 2.00 bits per heavy atom. The number of rotatable bonds is 1. The van der Waals surface area contributed by atoms with Crippen LogP contribution in [0.25, 0.3) is 0 Å². The predicted octanol–water partition coefficient (Wildman–Crippen LogP) is 0.818. The van der Waals surface area contributed by atoms with Gasteiger partial charge >= 0.3 is 0 Å². The summed E-state index contributed by atoms with van der Waals surface area (Å²) in [6, 6.07) is 0.407. The number of thiol groups is 1. The van der Waals surface area contributed by atoms with E-state index < -0.39 is 0 Å². The molecule has 0 aromatic heterocycles. The molecular weight excluding hydrogens is 149 g/mol. The van der Waals surface area contributed by atoms with Crippen molar-refractivity contribution in [1.29, 1.82) is 0 Å². The first-order valence-corrected chi connectivity index (χ1v) is 2.98. The molecule has 0 spiro atoms. The molecule has 0 aromatic rings. The third-order valence-corrected chi connectivity index (χ3v) is 0.659. The average molecular weight is 158 g/mol. The quantitative estimate of drug-likeness (QED) is 0.333. The largest absolute Gasteiger partial charge is 0.369 e. The molecule has 0 aliphatic heterocycles. The monoisotopic (exact) mass is 158 g/mol. The summed E-state index contributed by atoms with van der Waals surface area (Å²) >= 11 is 8.48. The number of thiocarbonyl (C=S) groups is 1. The molecule has 0 saturated carbocycles. The van der Waals surface area contributed by atoms with E-state index in [0.717, 1.165) is 0 Å². The molecule has 1 N–H and O–H groups in total. The van der Waals surface area contributed by atoms with Crippen molar-refractivity contribution in [2.24, 2.45) is 0 Å². The van der Waals surface area contributed by atoms with E-state index in [4.69, 9.17) is 0 Å². The fourth-order valence-electron chi connectivity index (χ4n) is 0.247. The molecular formula is C4H9NNaS2. The van der Waals surface area contributed by atoms with Gasteiger partial charge in [-0.05, 0) is 13.8 Å². The summed E-state index contributed by atoms with van der Waals surface area (Å²) in [6.07, 6.45) is 0. The van der Waals surface area contributed by atoms with Gasteiger partial charge in [0.25, 0.3) is 0 Å². The molecule has 0 rings (SSSR count). The summed E-state index contributed by atoms with van der Waals surface area (Å²) in [5, 5.41) is 2.90. The van der Waals surface area contributed by atoms with Gasteiger partial charge in [0.2, 0.25) is 0 Å². The van der Waals surface area contributed by atoms with E-state index in [0.29, 0.717) is 10.4 Å². The van der Waals surface area contributed by atoms with Gasteiger partial charge in [0.05, 0.1) is 0 Å². The van der Waals surface area contributed by atoms with E-state index >= 15 is 0 Å². The van der Waals surface area contributed by atoms with Crippen molar-refractivity contribution in [3.63, 3.8) is 0 Å². The molecule has 0 heterocycles. The third-order valence-electron chi connectivity index (χ3n) is 0.412. The SMILES string of the molecule is CC(C)NC(=S)S.[Na]. The summed E-state index contributed by atoms with van der Waals surface area (Å²) < 4.78 is 0.565. The van der Waals surface area contributed by atoms with Crippen molar-refractivity contribution in [1.82, 2.24) is 5.32 Å². The van der Waals surface area contributed by atoms with E-state index in [1.165, 1.54) is 0 Å². The summed E-state index contributed by atoms with van der Waals surface area (Å²) in [5.41, 5.74) is 0. The van der Waals surface area contributed by atoms with Crippen molar-refractivity contribution in [3.05, 3.63) is 0 Å². The number of hydrogen-bond donors (Lipinski definition) is 2. The second-order valence-corrected chi connectivity index (χ2v) is 2.76. The fourth-order valence-corrected chi connectivity index (χ4v) is 0.741. The van der Waals surface area contributed by atoms with E-state index in [9.17, 15) is 0 Å². The maximum absolute atomic E-state index is 4.62. The summed E-state index contributed by atoms with van der Waals surface area (Å²) in [7, 11) is 0. The first kappa shape index (κ1) is 12.0. The van der Waals surface area contributed by atoms with Crippen LogP contribution in [0.15, 0.2) is 0 Å². The van der Waals surface area contributed by atoms with Crippen LogP contribution in [0.3, 0.4) is 0 Å². The van der Waals surface area contributed by atoms with E-state index in [-0.39, 0.29) is 29.6 Å². The Labute approximate surface area is 83.3 Å². The molecule has 0 atom stereocenters. The first-order valence-electron chi connectivity index (χ1n) is 2.12.